The number of carbonyl (C=O) groups is 3. The first-order chi connectivity index (χ1) is 11.5. The van der Waals surface area contributed by atoms with Crippen LogP contribution in [0.5, 0.6) is 0 Å². The molecule has 0 aromatic heterocycles. The van der Waals surface area contributed by atoms with Crippen LogP contribution >= 0.6 is 0 Å². The Balaban J connectivity index is 2.06. The van der Waals surface area contributed by atoms with E-state index in [2.05, 4.69) is 10.6 Å². The molecule has 0 bridgehead atoms. The molecule has 2 heterocycles. The van der Waals surface area contributed by atoms with Crippen molar-refractivity contribution in [2.45, 2.75) is 84.2 Å². The summed E-state index contributed by atoms with van der Waals surface area (Å²) in [5.74, 6) is -0.798. The normalized spacial score (nSPS) is 27.2. The van der Waals surface area contributed by atoms with Crippen molar-refractivity contribution >= 4 is 17.8 Å². The van der Waals surface area contributed by atoms with E-state index in [9.17, 15) is 14.4 Å². The van der Waals surface area contributed by atoms with E-state index in [1.54, 1.807) is 4.90 Å². The molecule has 2 unspecified atom stereocenters. The first-order valence-corrected chi connectivity index (χ1v) is 9.11. The predicted octanol–water partition coefficient (Wildman–Crippen LogP) is 0.820. The fourth-order valence-electron chi connectivity index (χ4n) is 3.11. The van der Waals surface area contributed by atoms with Crippen LogP contribution in [0.25, 0.3) is 0 Å². The van der Waals surface area contributed by atoms with Gasteiger partial charge in [-0.25, -0.2) is 4.79 Å². The molecule has 2 aliphatic rings. The van der Waals surface area contributed by atoms with E-state index < -0.39 is 17.7 Å². The summed E-state index contributed by atoms with van der Waals surface area (Å²) in [4.78, 5) is 39.2. The summed E-state index contributed by atoms with van der Waals surface area (Å²) in [6, 6.07) is -1.29. The largest absolute Gasteiger partial charge is 0.458 e. The second-order valence-electron chi connectivity index (χ2n) is 8.39. The molecule has 7 nitrogen and oxygen atoms in total. The van der Waals surface area contributed by atoms with Crippen molar-refractivity contribution in [3.63, 3.8) is 0 Å². The second-order valence-corrected chi connectivity index (χ2v) is 8.39. The van der Waals surface area contributed by atoms with Gasteiger partial charge >= 0.3 is 5.97 Å². The van der Waals surface area contributed by atoms with Crippen LogP contribution in [0.2, 0.25) is 0 Å². The lowest BCUT2D eigenvalue weighted by molar-refractivity contribution is -0.163. The molecule has 2 aliphatic heterocycles. The van der Waals surface area contributed by atoms with E-state index in [4.69, 9.17) is 4.74 Å². The van der Waals surface area contributed by atoms with Crippen LogP contribution in [0.1, 0.15) is 54.4 Å². The van der Waals surface area contributed by atoms with Gasteiger partial charge in [-0.15, -0.1) is 0 Å². The number of carbonyl (C=O) groups excluding carboxylic acids is 3. The molecular formula is C18H31N3O4. The Morgan fingerprint density at radius 3 is 2.32 bits per heavy atom. The molecule has 7 heteroatoms. The van der Waals surface area contributed by atoms with Gasteiger partial charge in [0.05, 0.1) is 0 Å². The summed E-state index contributed by atoms with van der Waals surface area (Å²) in [7, 11) is 0. The molecule has 142 valence electrons. The number of rotatable bonds is 5. The summed E-state index contributed by atoms with van der Waals surface area (Å²) in [5, 5.41) is 5.87. The number of nitrogens with one attached hydrogen (secondary N) is 2. The maximum Gasteiger partial charge on any atom is 0.329 e. The molecule has 2 amide bonds. The fraction of sp³-hybridized carbons (Fsp3) is 0.833. The number of esters is 1. The zero-order valence-corrected chi connectivity index (χ0v) is 16.1. The highest BCUT2D eigenvalue weighted by atomic mass is 16.6. The van der Waals surface area contributed by atoms with Gasteiger partial charge in [-0.2, -0.15) is 0 Å². The average Bonchev–Trinajstić information content (AvgIpc) is 3.00. The summed E-state index contributed by atoms with van der Waals surface area (Å²) < 4.78 is 5.46. The monoisotopic (exact) mass is 353 g/mol. The fourth-order valence-corrected chi connectivity index (χ4v) is 3.11. The number of amides is 2. The van der Waals surface area contributed by atoms with E-state index in [1.807, 2.05) is 41.5 Å². The van der Waals surface area contributed by atoms with Gasteiger partial charge in [-0.1, -0.05) is 13.8 Å². The molecular weight excluding hydrogens is 322 g/mol. The van der Waals surface area contributed by atoms with Gasteiger partial charge in [-0.3, -0.25) is 14.9 Å². The smallest absolute Gasteiger partial charge is 0.329 e. The highest BCUT2D eigenvalue weighted by molar-refractivity contribution is 5.93. The molecule has 2 N–H and O–H groups in total. The molecule has 2 fully saturated rings. The Morgan fingerprint density at radius 2 is 1.84 bits per heavy atom. The van der Waals surface area contributed by atoms with Gasteiger partial charge in [0.2, 0.25) is 11.8 Å². The minimum absolute atomic E-state index is 0.0645. The molecule has 0 radical (unpaired) electrons. The molecule has 0 spiro atoms. The Morgan fingerprint density at radius 1 is 1.24 bits per heavy atom. The van der Waals surface area contributed by atoms with Crippen molar-refractivity contribution in [3.05, 3.63) is 0 Å². The SMILES string of the molecule is CC1NC1C(=O)N[C@@H](C(=O)N1CCC[C@H]1C(=O)OC(C)(C)C)C(C)C. The number of ether oxygens (including phenoxy) is 1. The summed E-state index contributed by atoms with van der Waals surface area (Å²) in [5.41, 5.74) is -0.589. The Labute approximate surface area is 149 Å². The quantitative estimate of drug-likeness (QED) is 0.563. The van der Waals surface area contributed by atoms with Gasteiger partial charge in [0.25, 0.3) is 0 Å². The minimum Gasteiger partial charge on any atom is -0.458 e. The molecule has 0 aromatic rings. The van der Waals surface area contributed by atoms with E-state index in [-0.39, 0.29) is 35.8 Å². The van der Waals surface area contributed by atoms with Crippen LogP contribution in [0.3, 0.4) is 0 Å². The molecule has 2 rings (SSSR count). The second kappa shape index (κ2) is 7.32. The molecule has 2 saturated heterocycles. The number of hydrogen-bond acceptors (Lipinski definition) is 5. The van der Waals surface area contributed by atoms with Crippen LogP contribution in [0.15, 0.2) is 0 Å². The average molecular weight is 353 g/mol. The molecule has 0 aromatic carbocycles. The van der Waals surface area contributed by atoms with Crippen LogP contribution in [-0.4, -0.2) is 59.0 Å². The third-order valence-electron chi connectivity index (χ3n) is 4.56. The third kappa shape index (κ3) is 4.93. The van der Waals surface area contributed by atoms with Crippen molar-refractivity contribution in [2.24, 2.45) is 5.92 Å². The third-order valence-corrected chi connectivity index (χ3v) is 4.56. The minimum atomic E-state index is -0.634. The van der Waals surface area contributed by atoms with E-state index >= 15 is 0 Å². The lowest BCUT2D eigenvalue weighted by Crippen LogP contribution is -2.55. The number of nitrogens with zero attached hydrogens (tertiary/aromatic N) is 1. The van der Waals surface area contributed by atoms with Crippen LogP contribution in [0, 0.1) is 5.92 Å². The standard InChI is InChI=1S/C18H31N3O4/c1-10(2)13(20-15(22)14-11(3)19-14)16(23)21-9-7-8-12(21)17(24)25-18(4,5)6/h10-14,19H,7-9H2,1-6H3,(H,20,22)/t11?,12-,13+,14?/m0/s1. The van der Waals surface area contributed by atoms with E-state index in [0.717, 1.165) is 6.42 Å². The van der Waals surface area contributed by atoms with Crippen molar-refractivity contribution in [1.29, 1.82) is 0 Å². The zero-order valence-electron chi connectivity index (χ0n) is 16.1. The van der Waals surface area contributed by atoms with Crippen molar-refractivity contribution in [3.8, 4) is 0 Å². The van der Waals surface area contributed by atoms with Gasteiger partial charge in [-0.05, 0) is 46.5 Å². The Bertz CT molecular complexity index is 541. The van der Waals surface area contributed by atoms with Crippen molar-refractivity contribution in [1.82, 2.24) is 15.5 Å². The van der Waals surface area contributed by atoms with Gasteiger partial charge in [0, 0.05) is 12.6 Å². The van der Waals surface area contributed by atoms with Crippen LogP contribution in [-0.2, 0) is 19.1 Å². The molecule has 4 atom stereocenters. The summed E-state index contributed by atoms with van der Waals surface area (Å²) >= 11 is 0. The van der Waals surface area contributed by atoms with Crippen LogP contribution in [0.4, 0.5) is 0 Å². The first-order valence-electron chi connectivity index (χ1n) is 9.11. The maximum absolute atomic E-state index is 13.0. The van der Waals surface area contributed by atoms with E-state index in [0.29, 0.717) is 13.0 Å². The lowest BCUT2D eigenvalue weighted by atomic mass is 10.0. The molecule has 25 heavy (non-hydrogen) atoms. The first kappa shape index (κ1) is 19.7. The lowest BCUT2D eigenvalue weighted by Gasteiger charge is -2.31. The number of hydrogen-bond donors (Lipinski definition) is 2. The highest BCUT2D eigenvalue weighted by Crippen LogP contribution is 2.23. The van der Waals surface area contributed by atoms with Gasteiger partial charge in [0.15, 0.2) is 0 Å². The Kier molecular flexibility index (Phi) is 5.76. The summed E-state index contributed by atoms with van der Waals surface area (Å²) in [6.07, 6.45) is 1.36. The summed E-state index contributed by atoms with van der Waals surface area (Å²) in [6.45, 7) is 11.7. The number of likely N-dealkylation sites (tertiary alicyclic amines) is 1. The topological polar surface area (TPSA) is 97.7 Å². The van der Waals surface area contributed by atoms with Crippen molar-refractivity contribution in [2.75, 3.05) is 6.54 Å². The zero-order chi connectivity index (χ0) is 18.9. The van der Waals surface area contributed by atoms with E-state index in [1.165, 1.54) is 0 Å². The molecule has 0 saturated carbocycles. The van der Waals surface area contributed by atoms with Crippen LogP contribution < -0.4 is 10.6 Å². The van der Waals surface area contributed by atoms with Gasteiger partial charge in [0.1, 0.15) is 23.7 Å². The van der Waals surface area contributed by atoms with Crippen molar-refractivity contribution < 1.29 is 19.1 Å². The molecule has 0 aliphatic carbocycles. The Hall–Kier alpha value is -1.63. The maximum atomic E-state index is 13.0. The van der Waals surface area contributed by atoms with Gasteiger partial charge < -0.3 is 15.0 Å². The highest BCUT2D eigenvalue weighted by Gasteiger charge is 2.43. The predicted molar refractivity (Wildman–Crippen MR) is 93.7 cm³/mol.